The highest BCUT2D eigenvalue weighted by molar-refractivity contribution is 5.71. The van der Waals surface area contributed by atoms with Crippen molar-refractivity contribution in [1.29, 1.82) is 0 Å². The van der Waals surface area contributed by atoms with Crippen LogP contribution < -0.4 is 0 Å². The quantitative estimate of drug-likeness (QED) is 0.0261. The molecule has 0 saturated carbocycles. The first-order chi connectivity index (χ1) is 37.0. The van der Waals surface area contributed by atoms with E-state index in [4.69, 9.17) is 14.2 Å². The Balaban J connectivity index is 4.24. The maximum Gasteiger partial charge on any atom is 0.306 e. The van der Waals surface area contributed by atoms with E-state index < -0.39 is 6.10 Å². The SMILES string of the molecule is CC/C=C\C/C=C\C/C=C\C/C=C\CCCCCCCCCCCCCCC(=O)OCC(COC(=O)CCCCCCCCCCCCCC)OC(=O)CCCCCCCCCCCCCCCCCCCCCC. The van der Waals surface area contributed by atoms with Gasteiger partial charge in [0.05, 0.1) is 0 Å². The zero-order valence-electron chi connectivity index (χ0n) is 50.3. The lowest BCUT2D eigenvalue weighted by Gasteiger charge is -2.18. The van der Waals surface area contributed by atoms with Gasteiger partial charge in [-0.3, -0.25) is 14.4 Å². The average molecular weight is 1050 g/mol. The number of hydrogen-bond acceptors (Lipinski definition) is 6. The topological polar surface area (TPSA) is 78.9 Å². The molecule has 75 heavy (non-hydrogen) atoms. The second-order valence-electron chi connectivity index (χ2n) is 22.4. The van der Waals surface area contributed by atoms with E-state index in [9.17, 15) is 14.4 Å². The largest absolute Gasteiger partial charge is 0.462 e. The first-order valence-corrected chi connectivity index (χ1v) is 33.1. The first kappa shape index (κ1) is 72.4. The van der Waals surface area contributed by atoms with Crippen LogP contribution in [0.1, 0.15) is 355 Å². The number of allylic oxidation sites excluding steroid dienone is 8. The molecule has 0 heterocycles. The van der Waals surface area contributed by atoms with Gasteiger partial charge in [-0.25, -0.2) is 0 Å². The molecule has 6 heteroatoms. The van der Waals surface area contributed by atoms with Crippen LogP contribution in [0.15, 0.2) is 48.6 Å². The lowest BCUT2D eigenvalue weighted by molar-refractivity contribution is -0.167. The van der Waals surface area contributed by atoms with Gasteiger partial charge >= 0.3 is 17.9 Å². The Morgan fingerprint density at radius 2 is 0.520 bits per heavy atom. The fraction of sp³-hybridized carbons (Fsp3) is 0.841. The van der Waals surface area contributed by atoms with Crippen LogP contribution in [0.5, 0.6) is 0 Å². The van der Waals surface area contributed by atoms with Crippen LogP contribution in [0.3, 0.4) is 0 Å². The maximum absolute atomic E-state index is 12.9. The predicted octanol–water partition coefficient (Wildman–Crippen LogP) is 22.6. The normalized spacial score (nSPS) is 12.3. The van der Waals surface area contributed by atoms with E-state index >= 15 is 0 Å². The van der Waals surface area contributed by atoms with Crippen molar-refractivity contribution in [3.05, 3.63) is 48.6 Å². The molecule has 0 aromatic rings. The van der Waals surface area contributed by atoms with E-state index in [1.807, 2.05) is 0 Å². The third-order valence-corrected chi connectivity index (χ3v) is 14.8. The minimum absolute atomic E-state index is 0.0674. The maximum atomic E-state index is 12.9. The molecule has 0 amide bonds. The molecule has 0 rings (SSSR count). The minimum atomic E-state index is -0.770. The molecule has 0 saturated heterocycles. The number of hydrogen-bond donors (Lipinski definition) is 0. The molecule has 0 spiro atoms. The molecule has 0 aliphatic carbocycles. The summed E-state index contributed by atoms with van der Waals surface area (Å²) in [6.45, 7) is 6.59. The molecule has 0 radical (unpaired) electrons. The molecule has 0 aliphatic rings. The number of esters is 3. The van der Waals surface area contributed by atoms with E-state index in [0.29, 0.717) is 19.3 Å². The number of carbonyl (C=O) groups is 3. The van der Waals surface area contributed by atoms with Crippen LogP contribution in [-0.4, -0.2) is 37.2 Å². The highest BCUT2D eigenvalue weighted by atomic mass is 16.6. The molecule has 0 fully saturated rings. The van der Waals surface area contributed by atoms with E-state index in [1.54, 1.807) is 0 Å². The Morgan fingerprint density at radius 3 is 0.813 bits per heavy atom. The number of ether oxygens (including phenoxy) is 3. The lowest BCUT2D eigenvalue weighted by Crippen LogP contribution is -2.30. The second-order valence-corrected chi connectivity index (χ2v) is 22.4. The Kier molecular flexibility index (Phi) is 61.7. The van der Waals surface area contributed by atoms with Gasteiger partial charge in [-0.1, -0.05) is 326 Å². The van der Waals surface area contributed by atoms with Gasteiger partial charge in [0, 0.05) is 19.3 Å². The number of carbonyl (C=O) groups excluding carboxylic acids is 3. The first-order valence-electron chi connectivity index (χ1n) is 33.1. The van der Waals surface area contributed by atoms with E-state index in [0.717, 1.165) is 83.5 Å². The summed E-state index contributed by atoms with van der Waals surface area (Å²) in [4.78, 5) is 38.3. The predicted molar refractivity (Wildman–Crippen MR) is 325 cm³/mol. The highest BCUT2D eigenvalue weighted by Crippen LogP contribution is 2.18. The summed E-state index contributed by atoms with van der Waals surface area (Å²) in [6, 6.07) is 0. The van der Waals surface area contributed by atoms with Gasteiger partial charge in [0.25, 0.3) is 0 Å². The van der Waals surface area contributed by atoms with E-state index in [-0.39, 0.29) is 31.1 Å². The van der Waals surface area contributed by atoms with Crippen LogP contribution in [0, 0.1) is 0 Å². The third kappa shape index (κ3) is 62.1. The molecule has 0 aromatic heterocycles. The van der Waals surface area contributed by atoms with Crippen LogP contribution in [0.2, 0.25) is 0 Å². The minimum Gasteiger partial charge on any atom is -0.462 e. The van der Waals surface area contributed by atoms with Crippen LogP contribution in [0.25, 0.3) is 0 Å². The summed E-state index contributed by atoms with van der Waals surface area (Å²) in [7, 11) is 0. The van der Waals surface area contributed by atoms with Gasteiger partial charge in [-0.05, 0) is 57.8 Å². The molecule has 0 aliphatic heterocycles. The molecular formula is C69H126O6. The van der Waals surface area contributed by atoms with Gasteiger partial charge in [0.15, 0.2) is 6.10 Å². The Labute approximate surface area is 467 Å². The van der Waals surface area contributed by atoms with Crippen molar-refractivity contribution in [2.24, 2.45) is 0 Å². The molecule has 0 bridgehead atoms. The zero-order chi connectivity index (χ0) is 54.3. The molecule has 0 aromatic carbocycles. The highest BCUT2D eigenvalue weighted by Gasteiger charge is 2.19. The number of unbranched alkanes of at least 4 members (excludes halogenated alkanes) is 42. The molecule has 438 valence electrons. The summed E-state index contributed by atoms with van der Waals surface area (Å²) in [5, 5.41) is 0. The van der Waals surface area contributed by atoms with Crippen molar-refractivity contribution in [2.45, 2.75) is 361 Å². The van der Waals surface area contributed by atoms with Crippen molar-refractivity contribution in [2.75, 3.05) is 13.2 Å². The summed E-state index contributed by atoms with van der Waals surface area (Å²) in [6.07, 6.45) is 79.8. The Bertz CT molecular complexity index is 1300. The molecule has 0 N–H and O–H groups in total. The molecule has 1 unspecified atom stereocenters. The summed E-state index contributed by atoms with van der Waals surface area (Å²) >= 11 is 0. The van der Waals surface area contributed by atoms with Crippen molar-refractivity contribution in [1.82, 2.24) is 0 Å². The fourth-order valence-electron chi connectivity index (χ4n) is 9.91. The molecule has 1 atom stereocenters. The third-order valence-electron chi connectivity index (χ3n) is 14.8. The van der Waals surface area contributed by atoms with Crippen molar-refractivity contribution in [3.63, 3.8) is 0 Å². The van der Waals surface area contributed by atoms with Crippen LogP contribution >= 0.6 is 0 Å². The van der Waals surface area contributed by atoms with Crippen molar-refractivity contribution in [3.8, 4) is 0 Å². The molecule has 6 nitrogen and oxygen atoms in total. The number of rotatable bonds is 61. The molecular weight excluding hydrogens is 925 g/mol. The van der Waals surface area contributed by atoms with Crippen molar-refractivity contribution < 1.29 is 28.6 Å². The fourth-order valence-corrected chi connectivity index (χ4v) is 9.91. The monoisotopic (exact) mass is 1050 g/mol. The summed E-state index contributed by atoms with van der Waals surface area (Å²) in [5.41, 5.74) is 0. The van der Waals surface area contributed by atoms with Gasteiger partial charge in [-0.2, -0.15) is 0 Å². The van der Waals surface area contributed by atoms with Gasteiger partial charge < -0.3 is 14.2 Å². The van der Waals surface area contributed by atoms with Gasteiger partial charge in [-0.15, -0.1) is 0 Å². The zero-order valence-corrected chi connectivity index (χ0v) is 50.3. The smallest absolute Gasteiger partial charge is 0.306 e. The van der Waals surface area contributed by atoms with E-state index in [2.05, 4.69) is 69.4 Å². The van der Waals surface area contributed by atoms with Crippen LogP contribution in [-0.2, 0) is 28.6 Å². The van der Waals surface area contributed by atoms with Crippen molar-refractivity contribution >= 4 is 17.9 Å². The Hall–Kier alpha value is -2.63. The second kappa shape index (κ2) is 63.9. The summed E-state index contributed by atoms with van der Waals surface area (Å²) < 4.78 is 17.0. The van der Waals surface area contributed by atoms with Crippen LogP contribution in [0.4, 0.5) is 0 Å². The van der Waals surface area contributed by atoms with Gasteiger partial charge in [0.1, 0.15) is 13.2 Å². The average Bonchev–Trinajstić information content (AvgIpc) is 3.41. The van der Waals surface area contributed by atoms with Gasteiger partial charge in [0.2, 0.25) is 0 Å². The standard InChI is InChI=1S/C69H126O6/c1-4-7-10-13-16-19-22-25-27-29-31-33-34-35-36-37-39-40-42-44-47-50-53-56-59-62-68(71)74-65-66(64-73-67(70)61-58-55-52-49-46-24-21-18-15-12-9-6-3)75-69(72)63-60-57-54-51-48-45-43-41-38-32-30-28-26-23-20-17-14-11-8-5-2/h7,10,16,19,25,27,31,33,66H,4-6,8-9,11-15,17-18,20-24,26,28-30,32,34-65H2,1-3H3/b10-7-,19-16-,27-25-,33-31-. The Morgan fingerprint density at radius 1 is 0.280 bits per heavy atom. The van der Waals surface area contributed by atoms with E-state index in [1.165, 1.54) is 231 Å². The summed E-state index contributed by atoms with van der Waals surface area (Å²) in [5.74, 6) is -0.844. The lowest BCUT2D eigenvalue weighted by atomic mass is 10.0.